The SMILES string of the molecule is C=C(C(=O)OCC)C(C)(C)O. The first kappa shape index (κ1) is 10.2. The predicted molar refractivity (Wildman–Crippen MR) is 42.1 cm³/mol. The highest BCUT2D eigenvalue weighted by atomic mass is 16.5. The minimum atomic E-state index is -1.19. The Morgan fingerprint density at radius 1 is 1.64 bits per heavy atom. The Bertz CT molecular complexity index is 165. The molecular weight excluding hydrogens is 144 g/mol. The summed E-state index contributed by atoms with van der Waals surface area (Å²) in [5, 5.41) is 9.28. The summed E-state index contributed by atoms with van der Waals surface area (Å²) in [5.41, 5.74) is -1.11. The van der Waals surface area contributed by atoms with Crippen molar-refractivity contribution in [3.05, 3.63) is 12.2 Å². The highest BCUT2D eigenvalue weighted by Gasteiger charge is 2.24. The molecular formula is C8H14O3. The third-order valence-corrected chi connectivity index (χ3v) is 1.26. The number of esters is 1. The number of rotatable bonds is 3. The zero-order valence-electron chi connectivity index (χ0n) is 7.18. The predicted octanol–water partition coefficient (Wildman–Crippen LogP) is 0.877. The average Bonchev–Trinajstić information content (AvgIpc) is 1.85. The lowest BCUT2D eigenvalue weighted by Crippen LogP contribution is -2.27. The van der Waals surface area contributed by atoms with E-state index < -0.39 is 11.6 Å². The largest absolute Gasteiger partial charge is 0.463 e. The van der Waals surface area contributed by atoms with Crippen LogP contribution in [-0.2, 0) is 9.53 Å². The Hall–Kier alpha value is -0.830. The van der Waals surface area contributed by atoms with Gasteiger partial charge in [0.25, 0.3) is 0 Å². The van der Waals surface area contributed by atoms with Gasteiger partial charge in [-0.2, -0.15) is 0 Å². The molecule has 1 N–H and O–H groups in total. The number of hydrogen-bond acceptors (Lipinski definition) is 3. The van der Waals surface area contributed by atoms with Gasteiger partial charge < -0.3 is 9.84 Å². The molecule has 0 spiro atoms. The van der Waals surface area contributed by atoms with Gasteiger partial charge in [-0.3, -0.25) is 0 Å². The summed E-state index contributed by atoms with van der Waals surface area (Å²) >= 11 is 0. The van der Waals surface area contributed by atoms with Crippen LogP contribution in [0.5, 0.6) is 0 Å². The molecule has 64 valence electrons. The summed E-state index contributed by atoms with van der Waals surface area (Å²) in [6.07, 6.45) is 0. The van der Waals surface area contributed by atoms with E-state index in [-0.39, 0.29) is 5.57 Å². The lowest BCUT2D eigenvalue weighted by molar-refractivity contribution is -0.140. The highest BCUT2D eigenvalue weighted by Crippen LogP contribution is 2.14. The lowest BCUT2D eigenvalue weighted by Gasteiger charge is -2.18. The summed E-state index contributed by atoms with van der Waals surface area (Å²) in [6, 6.07) is 0. The second kappa shape index (κ2) is 3.53. The van der Waals surface area contributed by atoms with E-state index in [4.69, 9.17) is 0 Å². The van der Waals surface area contributed by atoms with Crippen molar-refractivity contribution in [3.63, 3.8) is 0 Å². The highest BCUT2D eigenvalue weighted by molar-refractivity contribution is 5.89. The number of carbonyl (C=O) groups excluding carboxylic acids is 1. The van der Waals surface area contributed by atoms with Gasteiger partial charge >= 0.3 is 5.97 Å². The Morgan fingerprint density at radius 3 is 2.36 bits per heavy atom. The molecule has 0 unspecified atom stereocenters. The summed E-state index contributed by atoms with van der Waals surface area (Å²) < 4.78 is 4.63. The van der Waals surface area contributed by atoms with Gasteiger partial charge in [0, 0.05) is 0 Å². The molecule has 0 rings (SSSR count). The third-order valence-electron chi connectivity index (χ3n) is 1.26. The van der Waals surface area contributed by atoms with Crippen molar-refractivity contribution < 1.29 is 14.6 Å². The van der Waals surface area contributed by atoms with E-state index in [1.165, 1.54) is 13.8 Å². The quantitative estimate of drug-likeness (QED) is 0.490. The molecule has 0 radical (unpaired) electrons. The number of carbonyl (C=O) groups is 1. The Labute approximate surface area is 66.7 Å². The molecule has 0 aliphatic heterocycles. The fourth-order valence-electron chi connectivity index (χ4n) is 0.468. The maximum absolute atomic E-state index is 10.9. The van der Waals surface area contributed by atoms with Crippen molar-refractivity contribution in [2.75, 3.05) is 6.61 Å². The molecule has 0 bridgehead atoms. The molecule has 0 aromatic heterocycles. The lowest BCUT2D eigenvalue weighted by atomic mass is 10.0. The minimum Gasteiger partial charge on any atom is -0.463 e. The van der Waals surface area contributed by atoms with Crippen molar-refractivity contribution in [1.29, 1.82) is 0 Å². The number of aliphatic hydroxyl groups is 1. The third kappa shape index (κ3) is 3.18. The summed E-state index contributed by atoms with van der Waals surface area (Å²) in [4.78, 5) is 10.9. The van der Waals surface area contributed by atoms with E-state index in [1.807, 2.05) is 0 Å². The van der Waals surface area contributed by atoms with Crippen molar-refractivity contribution in [3.8, 4) is 0 Å². The molecule has 0 atom stereocenters. The fraction of sp³-hybridized carbons (Fsp3) is 0.625. The standard InChI is InChI=1S/C8H14O3/c1-5-11-7(9)6(2)8(3,4)10/h10H,2,5H2,1,3-4H3. The zero-order valence-corrected chi connectivity index (χ0v) is 7.18. The van der Waals surface area contributed by atoms with Gasteiger partial charge in [-0.1, -0.05) is 6.58 Å². The molecule has 11 heavy (non-hydrogen) atoms. The van der Waals surface area contributed by atoms with Crippen LogP contribution >= 0.6 is 0 Å². The average molecular weight is 158 g/mol. The first-order valence-electron chi connectivity index (χ1n) is 3.48. The van der Waals surface area contributed by atoms with Crippen LogP contribution in [0.15, 0.2) is 12.2 Å². The van der Waals surface area contributed by atoms with Gasteiger partial charge in [-0.05, 0) is 20.8 Å². The van der Waals surface area contributed by atoms with E-state index in [0.717, 1.165) is 0 Å². The first-order chi connectivity index (χ1) is 4.89. The maximum Gasteiger partial charge on any atom is 0.336 e. The maximum atomic E-state index is 10.9. The molecule has 3 heteroatoms. The van der Waals surface area contributed by atoms with Crippen molar-refractivity contribution in [2.45, 2.75) is 26.4 Å². The van der Waals surface area contributed by atoms with Crippen LogP contribution in [0, 0.1) is 0 Å². The molecule has 3 nitrogen and oxygen atoms in total. The van der Waals surface area contributed by atoms with Crippen molar-refractivity contribution >= 4 is 5.97 Å². The van der Waals surface area contributed by atoms with Gasteiger partial charge in [0.15, 0.2) is 0 Å². The van der Waals surface area contributed by atoms with E-state index in [9.17, 15) is 9.90 Å². The van der Waals surface area contributed by atoms with Gasteiger partial charge in [-0.25, -0.2) is 4.79 Å². The second-order valence-electron chi connectivity index (χ2n) is 2.76. The van der Waals surface area contributed by atoms with Crippen LogP contribution in [0.25, 0.3) is 0 Å². The number of ether oxygens (including phenoxy) is 1. The van der Waals surface area contributed by atoms with Crippen LogP contribution in [0.1, 0.15) is 20.8 Å². The minimum absolute atomic E-state index is 0.0827. The van der Waals surface area contributed by atoms with Crippen LogP contribution < -0.4 is 0 Å². The monoisotopic (exact) mass is 158 g/mol. The molecule has 0 aliphatic carbocycles. The van der Waals surface area contributed by atoms with Crippen LogP contribution in [0.3, 0.4) is 0 Å². The van der Waals surface area contributed by atoms with E-state index >= 15 is 0 Å². The van der Waals surface area contributed by atoms with Gasteiger partial charge in [-0.15, -0.1) is 0 Å². The summed E-state index contributed by atoms with van der Waals surface area (Å²) in [7, 11) is 0. The Kier molecular flexibility index (Phi) is 3.26. The molecule has 0 aromatic rings. The van der Waals surface area contributed by atoms with Gasteiger partial charge in [0.2, 0.25) is 0 Å². The molecule has 0 saturated carbocycles. The molecule has 0 heterocycles. The second-order valence-corrected chi connectivity index (χ2v) is 2.76. The van der Waals surface area contributed by atoms with Crippen LogP contribution in [0.2, 0.25) is 0 Å². The molecule has 0 saturated heterocycles. The van der Waals surface area contributed by atoms with E-state index in [1.54, 1.807) is 6.92 Å². The van der Waals surface area contributed by atoms with Crippen molar-refractivity contribution in [2.24, 2.45) is 0 Å². The topological polar surface area (TPSA) is 46.5 Å². The van der Waals surface area contributed by atoms with Gasteiger partial charge in [0.1, 0.15) is 0 Å². The van der Waals surface area contributed by atoms with E-state index in [0.29, 0.717) is 6.61 Å². The van der Waals surface area contributed by atoms with Crippen molar-refractivity contribution in [1.82, 2.24) is 0 Å². The van der Waals surface area contributed by atoms with Crippen LogP contribution in [-0.4, -0.2) is 23.3 Å². The zero-order chi connectivity index (χ0) is 9.07. The normalized spacial score (nSPS) is 10.9. The first-order valence-corrected chi connectivity index (χ1v) is 3.48. The molecule has 0 fully saturated rings. The smallest absolute Gasteiger partial charge is 0.336 e. The fourth-order valence-corrected chi connectivity index (χ4v) is 0.468. The Morgan fingerprint density at radius 2 is 2.09 bits per heavy atom. The van der Waals surface area contributed by atoms with Crippen LogP contribution in [0.4, 0.5) is 0 Å². The molecule has 0 aliphatic rings. The number of hydrogen-bond donors (Lipinski definition) is 1. The molecule has 0 amide bonds. The van der Waals surface area contributed by atoms with E-state index in [2.05, 4.69) is 11.3 Å². The molecule has 0 aromatic carbocycles. The van der Waals surface area contributed by atoms with Gasteiger partial charge in [0.05, 0.1) is 17.8 Å². The summed E-state index contributed by atoms with van der Waals surface area (Å²) in [5.74, 6) is -0.542. The Balaban J connectivity index is 4.15. The summed E-state index contributed by atoms with van der Waals surface area (Å²) in [6.45, 7) is 8.41.